The fraction of sp³-hybridized carbons (Fsp3) is 0.312. The average molecular weight is 316 g/mol. The highest BCUT2D eigenvalue weighted by Gasteiger charge is 2.19. The lowest BCUT2D eigenvalue weighted by molar-refractivity contribution is -0.134. The van der Waals surface area contributed by atoms with Gasteiger partial charge in [0, 0.05) is 18.5 Å². The fourth-order valence-electron chi connectivity index (χ4n) is 2.40. The monoisotopic (exact) mass is 316 g/mol. The first-order chi connectivity index (χ1) is 11.1. The van der Waals surface area contributed by atoms with Crippen LogP contribution in [0.5, 0.6) is 0 Å². The molecule has 1 saturated heterocycles. The number of benzene rings is 1. The van der Waals surface area contributed by atoms with Gasteiger partial charge in [-0.3, -0.25) is 9.59 Å². The highest BCUT2D eigenvalue weighted by molar-refractivity contribution is 5.98. The van der Waals surface area contributed by atoms with Gasteiger partial charge in [-0.2, -0.15) is 0 Å². The number of para-hydroxylation sites is 1. The molecule has 0 bridgehead atoms. The van der Waals surface area contributed by atoms with E-state index in [0.29, 0.717) is 37.3 Å². The Morgan fingerprint density at radius 1 is 1.17 bits per heavy atom. The molecule has 0 spiro atoms. The minimum absolute atomic E-state index is 0.113. The molecule has 120 valence electrons. The third-order valence-electron chi connectivity index (χ3n) is 3.65. The molecule has 2 amide bonds. The van der Waals surface area contributed by atoms with Crippen LogP contribution in [0.4, 0.5) is 0 Å². The molecule has 1 N–H and O–H groups in total. The van der Waals surface area contributed by atoms with E-state index in [1.807, 2.05) is 0 Å². The largest absolute Gasteiger partial charge is 0.422 e. The first kappa shape index (κ1) is 15.2. The lowest BCUT2D eigenvalue weighted by Crippen LogP contribution is -2.46. The van der Waals surface area contributed by atoms with Crippen LogP contribution in [0.3, 0.4) is 0 Å². The van der Waals surface area contributed by atoms with Crippen LogP contribution in [-0.4, -0.2) is 49.6 Å². The van der Waals surface area contributed by atoms with E-state index >= 15 is 0 Å². The number of carbonyl (C=O) groups excluding carboxylic acids is 2. The normalized spacial score (nSPS) is 14.7. The number of morpholine rings is 1. The molecular formula is C16H16N2O5. The second-order valence-electron chi connectivity index (χ2n) is 5.16. The standard InChI is InChI=1S/C16H16N2O5/c19-14(18-5-7-22-8-6-18)10-17-15(20)12-9-11-3-1-2-4-13(11)23-16(12)21/h1-4,9H,5-8,10H2,(H,17,20). The number of hydrogen-bond donors (Lipinski definition) is 1. The maximum Gasteiger partial charge on any atom is 0.349 e. The Kier molecular flexibility index (Phi) is 4.38. The first-order valence-electron chi connectivity index (χ1n) is 7.32. The molecule has 0 unspecified atom stereocenters. The van der Waals surface area contributed by atoms with E-state index in [0.717, 1.165) is 0 Å². The minimum Gasteiger partial charge on any atom is -0.422 e. The molecule has 7 heteroatoms. The molecule has 0 radical (unpaired) electrons. The van der Waals surface area contributed by atoms with Crippen molar-refractivity contribution < 1.29 is 18.7 Å². The first-order valence-corrected chi connectivity index (χ1v) is 7.32. The Balaban J connectivity index is 1.69. The maximum absolute atomic E-state index is 12.1. The van der Waals surface area contributed by atoms with Crippen molar-refractivity contribution in [2.45, 2.75) is 0 Å². The van der Waals surface area contributed by atoms with Crippen LogP contribution in [0.25, 0.3) is 11.0 Å². The summed E-state index contributed by atoms with van der Waals surface area (Å²) in [6, 6.07) is 8.39. The molecule has 1 aromatic heterocycles. The predicted molar refractivity (Wildman–Crippen MR) is 82.2 cm³/mol. The van der Waals surface area contributed by atoms with Crippen LogP contribution < -0.4 is 10.9 Å². The Hall–Kier alpha value is -2.67. The van der Waals surface area contributed by atoms with Crippen LogP contribution in [0.1, 0.15) is 10.4 Å². The molecule has 3 rings (SSSR count). The molecule has 2 aromatic rings. The summed E-state index contributed by atoms with van der Waals surface area (Å²) in [4.78, 5) is 37.6. The molecule has 23 heavy (non-hydrogen) atoms. The van der Waals surface area contributed by atoms with E-state index in [2.05, 4.69) is 5.32 Å². The molecule has 0 aliphatic carbocycles. The fourth-order valence-corrected chi connectivity index (χ4v) is 2.40. The second-order valence-corrected chi connectivity index (χ2v) is 5.16. The van der Waals surface area contributed by atoms with Crippen molar-refractivity contribution in [2.75, 3.05) is 32.8 Å². The zero-order valence-electron chi connectivity index (χ0n) is 12.4. The molecule has 1 aliphatic heterocycles. The summed E-state index contributed by atoms with van der Waals surface area (Å²) in [6.45, 7) is 1.84. The number of ether oxygens (including phenoxy) is 1. The van der Waals surface area contributed by atoms with Gasteiger partial charge in [-0.15, -0.1) is 0 Å². The molecule has 2 heterocycles. The van der Waals surface area contributed by atoms with E-state index in [4.69, 9.17) is 9.15 Å². The Bertz CT molecular complexity index is 792. The molecule has 1 aliphatic rings. The van der Waals surface area contributed by atoms with Crippen molar-refractivity contribution in [1.82, 2.24) is 10.2 Å². The van der Waals surface area contributed by atoms with Gasteiger partial charge in [0.05, 0.1) is 19.8 Å². The smallest absolute Gasteiger partial charge is 0.349 e. The summed E-state index contributed by atoms with van der Waals surface area (Å²) in [5.74, 6) is -0.821. The zero-order valence-corrected chi connectivity index (χ0v) is 12.4. The molecule has 0 atom stereocenters. The molecule has 0 saturated carbocycles. The van der Waals surface area contributed by atoms with E-state index in [-0.39, 0.29) is 18.0 Å². The summed E-state index contributed by atoms with van der Waals surface area (Å²) in [5, 5.41) is 3.12. The zero-order chi connectivity index (χ0) is 16.2. The summed E-state index contributed by atoms with van der Waals surface area (Å²) < 4.78 is 10.3. The van der Waals surface area contributed by atoms with Crippen LogP contribution in [-0.2, 0) is 9.53 Å². The predicted octanol–water partition coefficient (Wildman–Crippen LogP) is 0.382. The number of amides is 2. The minimum atomic E-state index is -0.722. The highest BCUT2D eigenvalue weighted by Crippen LogP contribution is 2.12. The average Bonchev–Trinajstić information content (AvgIpc) is 2.59. The van der Waals surface area contributed by atoms with Gasteiger partial charge in [0.15, 0.2) is 0 Å². The second kappa shape index (κ2) is 6.62. The van der Waals surface area contributed by atoms with Crippen LogP contribution in [0.15, 0.2) is 39.5 Å². The quantitative estimate of drug-likeness (QED) is 0.827. The van der Waals surface area contributed by atoms with Gasteiger partial charge in [0.2, 0.25) is 5.91 Å². The molecule has 1 fully saturated rings. The number of rotatable bonds is 3. The van der Waals surface area contributed by atoms with E-state index in [1.165, 1.54) is 6.07 Å². The summed E-state index contributed by atoms with van der Waals surface area (Å²) in [7, 11) is 0. The Morgan fingerprint density at radius 3 is 2.70 bits per heavy atom. The van der Waals surface area contributed by atoms with Crippen molar-refractivity contribution >= 4 is 22.8 Å². The van der Waals surface area contributed by atoms with Gasteiger partial charge < -0.3 is 19.4 Å². The lowest BCUT2D eigenvalue weighted by Gasteiger charge is -2.26. The van der Waals surface area contributed by atoms with Gasteiger partial charge >= 0.3 is 5.63 Å². The number of fused-ring (bicyclic) bond motifs is 1. The number of hydrogen-bond acceptors (Lipinski definition) is 5. The number of nitrogens with zero attached hydrogens (tertiary/aromatic N) is 1. The molecular weight excluding hydrogens is 300 g/mol. The number of nitrogens with one attached hydrogen (secondary N) is 1. The van der Waals surface area contributed by atoms with Crippen LogP contribution >= 0.6 is 0 Å². The van der Waals surface area contributed by atoms with E-state index in [1.54, 1.807) is 29.2 Å². The number of carbonyl (C=O) groups is 2. The lowest BCUT2D eigenvalue weighted by atomic mass is 10.2. The molecule has 7 nitrogen and oxygen atoms in total. The van der Waals surface area contributed by atoms with E-state index in [9.17, 15) is 14.4 Å². The summed E-state index contributed by atoms with van der Waals surface area (Å²) in [5.41, 5.74) is -0.419. The SMILES string of the molecule is O=C(NCC(=O)N1CCOCC1)c1cc2ccccc2oc1=O. The highest BCUT2D eigenvalue weighted by atomic mass is 16.5. The third kappa shape index (κ3) is 3.40. The van der Waals surface area contributed by atoms with Crippen molar-refractivity contribution in [1.29, 1.82) is 0 Å². The van der Waals surface area contributed by atoms with Crippen molar-refractivity contribution in [3.8, 4) is 0 Å². The Morgan fingerprint density at radius 2 is 1.91 bits per heavy atom. The molecule has 1 aromatic carbocycles. The van der Waals surface area contributed by atoms with Crippen molar-refractivity contribution in [2.24, 2.45) is 0 Å². The maximum atomic E-state index is 12.1. The van der Waals surface area contributed by atoms with Crippen molar-refractivity contribution in [3.63, 3.8) is 0 Å². The van der Waals surface area contributed by atoms with Crippen LogP contribution in [0, 0.1) is 0 Å². The van der Waals surface area contributed by atoms with Gasteiger partial charge in [-0.1, -0.05) is 18.2 Å². The van der Waals surface area contributed by atoms with E-state index < -0.39 is 11.5 Å². The summed E-state index contributed by atoms with van der Waals surface area (Å²) in [6.07, 6.45) is 0. The van der Waals surface area contributed by atoms with Gasteiger partial charge in [0.1, 0.15) is 11.1 Å². The van der Waals surface area contributed by atoms with Gasteiger partial charge in [-0.25, -0.2) is 4.79 Å². The Labute approximate surface area is 131 Å². The van der Waals surface area contributed by atoms with Gasteiger partial charge in [0.25, 0.3) is 5.91 Å². The van der Waals surface area contributed by atoms with Crippen molar-refractivity contribution in [3.05, 3.63) is 46.3 Å². The third-order valence-corrected chi connectivity index (χ3v) is 3.65. The topological polar surface area (TPSA) is 88.8 Å². The van der Waals surface area contributed by atoms with Crippen LogP contribution in [0.2, 0.25) is 0 Å². The van der Waals surface area contributed by atoms with Gasteiger partial charge in [-0.05, 0) is 12.1 Å². The summed E-state index contributed by atoms with van der Waals surface area (Å²) >= 11 is 0.